The van der Waals surface area contributed by atoms with Crippen LogP contribution in [-0.2, 0) is 4.74 Å². The zero-order valence-corrected chi connectivity index (χ0v) is 11.5. The number of nitrogens with zero attached hydrogens (tertiary/aromatic N) is 1. The molecule has 0 amide bonds. The van der Waals surface area contributed by atoms with Crippen molar-refractivity contribution in [2.75, 3.05) is 25.1 Å². The van der Waals surface area contributed by atoms with Crippen molar-refractivity contribution in [2.24, 2.45) is 5.92 Å². The van der Waals surface area contributed by atoms with Gasteiger partial charge in [0.25, 0.3) is 0 Å². The molecule has 0 bridgehead atoms. The summed E-state index contributed by atoms with van der Waals surface area (Å²) in [5.41, 5.74) is -0.182. The average molecular weight is 284 g/mol. The van der Waals surface area contributed by atoms with Crippen molar-refractivity contribution in [3.8, 4) is 0 Å². The van der Waals surface area contributed by atoms with Gasteiger partial charge in [0.15, 0.2) is 16.6 Å². The Morgan fingerprint density at radius 2 is 2.26 bits per heavy atom. The van der Waals surface area contributed by atoms with E-state index in [0.29, 0.717) is 18.3 Å². The number of Topliss-reactive ketones (excluding diaryl/α,β-unsaturated/α-hetero) is 1. The molecule has 0 unspecified atom stereocenters. The molecule has 7 heteroatoms. The zero-order chi connectivity index (χ0) is 13.8. The number of ketones is 1. The van der Waals surface area contributed by atoms with Crippen molar-refractivity contribution < 1.29 is 19.4 Å². The van der Waals surface area contributed by atoms with Gasteiger partial charge in [-0.2, -0.15) is 0 Å². The topological polar surface area (TPSA) is 88.5 Å². The van der Waals surface area contributed by atoms with Crippen molar-refractivity contribution in [1.29, 1.82) is 0 Å². The number of carbonyl (C=O) groups is 2. The maximum absolute atomic E-state index is 11.3. The lowest BCUT2D eigenvalue weighted by molar-refractivity contribution is 0.0687. The van der Waals surface area contributed by atoms with Gasteiger partial charge < -0.3 is 15.2 Å². The van der Waals surface area contributed by atoms with Crippen molar-refractivity contribution in [1.82, 2.24) is 4.98 Å². The highest BCUT2D eigenvalue weighted by Crippen LogP contribution is 2.28. The first-order valence-electron chi connectivity index (χ1n) is 6.14. The molecule has 0 saturated heterocycles. The number of aromatic carboxylic acids is 1. The van der Waals surface area contributed by atoms with Crippen LogP contribution in [-0.4, -0.2) is 41.6 Å². The standard InChI is InChI=1S/C12H16N2O4S/c1-7(15)10-9(11(16)17)14-12(19-10)13-4-5-18-6-8-2-3-8/h8H,2-6H2,1H3,(H,13,14)(H,16,17). The first-order chi connectivity index (χ1) is 9.08. The van der Waals surface area contributed by atoms with E-state index in [1.165, 1.54) is 19.8 Å². The van der Waals surface area contributed by atoms with Gasteiger partial charge in [-0.1, -0.05) is 11.3 Å². The zero-order valence-electron chi connectivity index (χ0n) is 10.6. The Morgan fingerprint density at radius 3 is 2.79 bits per heavy atom. The van der Waals surface area contributed by atoms with Crippen molar-refractivity contribution in [3.63, 3.8) is 0 Å². The Kier molecular flexibility index (Phi) is 4.49. The van der Waals surface area contributed by atoms with E-state index in [1.807, 2.05) is 0 Å². The van der Waals surface area contributed by atoms with Gasteiger partial charge in [-0.05, 0) is 18.8 Å². The molecule has 2 N–H and O–H groups in total. The Bertz CT molecular complexity index is 451. The number of aromatic nitrogens is 1. The largest absolute Gasteiger partial charge is 0.476 e. The van der Waals surface area contributed by atoms with Gasteiger partial charge in [0.05, 0.1) is 6.61 Å². The molecule has 0 aromatic carbocycles. The van der Waals surface area contributed by atoms with E-state index in [9.17, 15) is 9.59 Å². The van der Waals surface area contributed by atoms with Crippen molar-refractivity contribution in [3.05, 3.63) is 10.6 Å². The number of hydrogen-bond donors (Lipinski definition) is 2. The second-order valence-corrected chi connectivity index (χ2v) is 5.50. The maximum atomic E-state index is 11.3. The monoisotopic (exact) mass is 284 g/mol. The Labute approximate surface area is 114 Å². The molecule has 1 aliphatic rings. The molecule has 19 heavy (non-hydrogen) atoms. The van der Waals surface area contributed by atoms with E-state index < -0.39 is 5.97 Å². The van der Waals surface area contributed by atoms with Gasteiger partial charge in [-0.25, -0.2) is 9.78 Å². The number of anilines is 1. The van der Waals surface area contributed by atoms with E-state index in [-0.39, 0.29) is 16.4 Å². The second kappa shape index (κ2) is 6.12. The molecule has 1 fully saturated rings. The molecule has 0 atom stereocenters. The summed E-state index contributed by atoms with van der Waals surface area (Å²) < 4.78 is 5.44. The summed E-state index contributed by atoms with van der Waals surface area (Å²) in [5, 5.41) is 12.4. The SMILES string of the molecule is CC(=O)c1sc(NCCOCC2CC2)nc1C(=O)O. The lowest BCUT2D eigenvalue weighted by atomic mass is 10.3. The van der Waals surface area contributed by atoms with Crippen LogP contribution in [0.2, 0.25) is 0 Å². The highest BCUT2D eigenvalue weighted by molar-refractivity contribution is 7.17. The molecule has 2 rings (SSSR count). The van der Waals surface area contributed by atoms with Crippen LogP contribution >= 0.6 is 11.3 Å². The van der Waals surface area contributed by atoms with Crippen LogP contribution in [0.5, 0.6) is 0 Å². The van der Waals surface area contributed by atoms with Gasteiger partial charge in [0.1, 0.15) is 4.88 Å². The Balaban J connectivity index is 1.83. The van der Waals surface area contributed by atoms with Crippen LogP contribution in [0.3, 0.4) is 0 Å². The number of nitrogens with one attached hydrogen (secondary N) is 1. The minimum Gasteiger partial charge on any atom is -0.476 e. The van der Waals surface area contributed by atoms with Gasteiger partial charge in [-0.15, -0.1) is 0 Å². The fourth-order valence-electron chi connectivity index (χ4n) is 1.54. The van der Waals surface area contributed by atoms with Gasteiger partial charge >= 0.3 is 5.97 Å². The van der Waals surface area contributed by atoms with E-state index in [4.69, 9.17) is 9.84 Å². The highest BCUT2D eigenvalue weighted by Gasteiger charge is 2.21. The normalized spacial score (nSPS) is 14.4. The number of hydrogen-bond acceptors (Lipinski definition) is 6. The molecular weight excluding hydrogens is 268 g/mol. The number of carboxylic acids is 1. The van der Waals surface area contributed by atoms with Crippen molar-refractivity contribution >= 4 is 28.2 Å². The third-order valence-electron chi connectivity index (χ3n) is 2.72. The summed E-state index contributed by atoms with van der Waals surface area (Å²) in [6.45, 7) is 3.23. The third-order valence-corrected chi connectivity index (χ3v) is 3.84. The molecule has 6 nitrogen and oxygen atoms in total. The number of ether oxygens (including phenoxy) is 1. The molecule has 0 spiro atoms. The van der Waals surface area contributed by atoms with Crippen LogP contribution < -0.4 is 5.32 Å². The minimum absolute atomic E-state index is 0.175. The van der Waals surface area contributed by atoms with E-state index in [0.717, 1.165) is 23.9 Å². The molecule has 0 aliphatic heterocycles. The minimum atomic E-state index is -1.18. The van der Waals surface area contributed by atoms with Crippen LogP contribution in [0.15, 0.2) is 0 Å². The summed E-state index contributed by atoms with van der Waals surface area (Å²) >= 11 is 1.06. The Hall–Kier alpha value is -1.47. The van der Waals surface area contributed by atoms with Crippen LogP contribution in [0, 0.1) is 5.92 Å². The summed E-state index contributed by atoms with van der Waals surface area (Å²) in [6, 6.07) is 0. The molecule has 104 valence electrons. The van der Waals surface area contributed by atoms with Gasteiger partial charge in [-0.3, -0.25) is 4.79 Å². The first-order valence-corrected chi connectivity index (χ1v) is 6.96. The highest BCUT2D eigenvalue weighted by atomic mass is 32.1. The average Bonchev–Trinajstić information content (AvgIpc) is 3.05. The predicted octanol–water partition coefficient (Wildman–Crippen LogP) is 1.88. The molecule has 1 saturated carbocycles. The summed E-state index contributed by atoms with van der Waals surface area (Å²) in [6.07, 6.45) is 2.51. The third kappa shape index (κ3) is 4.00. The van der Waals surface area contributed by atoms with E-state index in [1.54, 1.807) is 0 Å². The molecule has 1 aromatic rings. The molecule has 1 aliphatic carbocycles. The molecular formula is C12H16N2O4S. The number of thiazole rings is 1. The van der Waals surface area contributed by atoms with Crippen molar-refractivity contribution in [2.45, 2.75) is 19.8 Å². The second-order valence-electron chi connectivity index (χ2n) is 4.50. The van der Waals surface area contributed by atoms with Gasteiger partial charge in [0, 0.05) is 20.1 Å². The molecule has 1 heterocycles. The summed E-state index contributed by atoms with van der Waals surface area (Å²) in [4.78, 5) is 26.3. The number of carboxylic acid groups (broad SMARTS) is 1. The van der Waals surface area contributed by atoms with Gasteiger partial charge in [0.2, 0.25) is 0 Å². The number of rotatable bonds is 8. The summed E-state index contributed by atoms with van der Waals surface area (Å²) in [7, 11) is 0. The fraction of sp³-hybridized carbons (Fsp3) is 0.583. The van der Waals surface area contributed by atoms with E-state index >= 15 is 0 Å². The lowest BCUT2D eigenvalue weighted by Gasteiger charge is -2.03. The van der Waals surface area contributed by atoms with Crippen LogP contribution in [0.25, 0.3) is 0 Å². The van der Waals surface area contributed by atoms with Crippen LogP contribution in [0.4, 0.5) is 5.13 Å². The smallest absolute Gasteiger partial charge is 0.356 e. The fourth-order valence-corrected chi connectivity index (χ4v) is 2.42. The molecule has 1 aromatic heterocycles. The van der Waals surface area contributed by atoms with E-state index in [2.05, 4.69) is 10.3 Å². The Morgan fingerprint density at radius 1 is 1.53 bits per heavy atom. The maximum Gasteiger partial charge on any atom is 0.356 e. The van der Waals surface area contributed by atoms with Crippen LogP contribution in [0.1, 0.15) is 39.9 Å². The quantitative estimate of drug-likeness (QED) is 0.560. The predicted molar refractivity (Wildman–Crippen MR) is 71.1 cm³/mol. The number of carbonyl (C=O) groups excluding carboxylic acids is 1. The molecule has 0 radical (unpaired) electrons. The lowest BCUT2D eigenvalue weighted by Crippen LogP contribution is -2.10. The summed E-state index contributed by atoms with van der Waals surface area (Å²) in [5.74, 6) is -0.741. The first kappa shape index (κ1) is 14.0.